The molecular formula is C19H13F6N3O2. The van der Waals surface area contributed by atoms with Crippen molar-refractivity contribution in [3.05, 3.63) is 72.2 Å². The number of hydrogen-bond donors (Lipinski definition) is 1. The van der Waals surface area contributed by atoms with Gasteiger partial charge in [0.05, 0.1) is 11.4 Å². The predicted octanol–water partition coefficient (Wildman–Crippen LogP) is 5.61. The van der Waals surface area contributed by atoms with Gasteiger partial charge in [-0.15, -0.1) is 26.3 Å². The fourth-order valence-electron chi connectivity index (χ4n) is 2.57. The number of benzene rings is 2. The molecule has 3 rings (SSSR count). The lowest BCUT2D eigenvalue weighted by atomic mass is 10.1. The molecule has 0 fully saturated rings. The summed E-state index contributed by atoms with van der Waals surface area (Å²) in [5.74, 6) is -0.859. The number of rotatable bonds is 6. The second-order valence-corrected chi connectivity index (χ2v) is 5.85. The van der Waals surface area contributed by atoms with Crippen LogP contribution in [0.5, 0.6) is 11.5 Å². The predicted molar refractivity (Wildman–Crippen MR) is 94.4 cm³/mol. The van der Waals surface area contributed by atoms with Gasteiger partial charge in [-0.3, -0.25) is 4.98 Å². The fraction of sp³-hybridized carbons (Fsp3) is 0.158. The van der Waals surface area contributed by atoms with E-state index in [0.717, 1.165) is 12.1 Å². The Balaban J connectivity index is 1.89. The van der Waals surface area contributed by atoms with Crippen molar-refractivity contribution in [1.82, 2.24) is 9.97 Å². The zero-order valence-corrected chi connectivity index (χ0v) is 15.0. The molecule has 2 aromatic carbocycles. The second kappa shape index (κ2) is 8.47. The van der Waals surface area contributed by atoms with Crippen molar-refractivity contribution in [3.8, 4) is 11.5 Å². The zero-order chi connectivity index (χ0) is 21.8. The molecule has 30 heavy (non-hydrogen) atoms. The number of alkyl halides is 6. The van der Waals surface area contributed by atoms with E-state index in [9.17, 15) is 26.3 Å². The number of hydrogen-bond acceptors (Lipinski definition) is 5. The van der Waals surface area contributed by atoms with E-state index in [4.69, 9.17) is 0 Å². The number of nitrogens with zero attached hydrogens (tertiary/aromatic N) is 2. The standard InChI is InChI=1S/C19H13F6N3O2/c20-18(21,22)29-15-7-3-1-5-12(15)11-14-17(27-10-9-26-14)28-13-6-2-4-8-16(13)30-19(23,24)25/h1-10H,11H2,(H,27,28). The number of halogens is 6. The summed E-state index contributed by atoms with van der Waals surface area (Å²) in [5.41, 5.74) is 0.312. The molecule has 158 valence electrons. The first-order valence-corrected chi connectivity index (χ1v) is 8.36. The van der Waals surface area contributed by atoms with Gasteiger partial charge in [-0.25, -0.2) is 4.98 Å². The first kappa shape index (κ1) is 21.2. The van der Waals surface area contributed by atoms with Crippen molar-refractivity contribution in [2.45, 2.75) is 19.1 Å². The van der Waals surface area contributed by atoms with E-state index in [0.29, 0.717) is 0 Å². The van der Waals surface area contributed by atoms with Gasteiger partial charge in [-0.2, -0.15) is 0 Å². The van der Waals surface area contributed by atoms with Gasteiger partial charge in [0.15, 0.2) is 11.6 Å². The average Bonchev–Trinajstić information content (AvgIpc) is 2.64. The zero-order valence-electron chi connectivity index (χ0n) is 15.0. The molecule has 1 aromatic heterocycles. The minimum absolute atomic E-state index is 0.0450. The van der Waals surface area contributed by atoms with Gasteiger partial charge in [0.2, 0.25) is 0 Å². The van der Waals surface area contributed by atoms with Gasteiger partial charge in [-0.05, 0) is 18.2 Å². The van der Waals surface area contributed by atoms with Gasteiger partial charge in [0.25, 0.3) is 0 Å². The number of para-hydroxylation sites is 3. The fourth-order valence-corrected chi connectivity index (χ4v) is 2.57. The molecule has 0 unspecified atom stereocenters. The second-order valence-electron chi connectivity index (χ2n) is 5.85. The van der Waals surface area contributed by atoms with Crippen molar-refractivity contribution in [1.29, 1.82) is 0 Å². The van der Waals surface area contributed by atoms with Crippen molar-refractivity contribution < 1.29 is 35.8 Å². The molecule has 0 bridgehead atoms. The Kier molecular flexibility index (Phi) is 5.99. The van der Waals surface area contributed by atoms with Crippen molar-refractivity contribution in [2.24, 2.45) is 0 Å². The maximum absolute atomic E-state index is 12.6. The van der Waals surface area contributed by atoms with Gasteiger partial charge in [0, 0.05) is 24.4 Å². The molecule has 3 aromatic rings. The van der Waals surface area contributed by atoms with E-state index < -0.39 is 24.2 Å². The van der Waals surface area contributed by atoms with Crippen LogP contribution in [0, 0.1) is 0 Å². The summed E-state index contributed by atoms with van der Waals surface area (Å²) in [7, 11) is 0. The van der Waals surface area contributed by atoms with Crippen LogP contribution in [0.1, 0.15) is 11.3 Å². The molecule has 0 amide bonds. The normalized spacial score (nSPS) is 11.8. The molecule has 0 aliphatic carbocycles. The van der Waals surface area contributed by atoms with E-state index in [1.165, 1.54) is 48.8 Å². The number of anilines is 2. The quantitative estimate of drug-likeness (QED) is 0.517. The number of aromatic nitrogens is 2. The molecule has 0 aliphatic rings. The maximum Gasteiger partial charge on any atom is 0.573 e. The van der Waals surface area contributed by atoms with Crippen LogP contribution >= 0.6 is 0 Å². The van der Waals surface area contributed by atoms with Gasteiger partial charge < -0.3 is 14.8 Å². The lowest BCUT2D eigenvalue weighted by Crippen LogP contribution is -2.18. The Morgan fingerprint density at radius 2 is 1.30 bits per heavy atom. The van der Waals surface area contributed by atoms with Crippen molar-refractivity contribution in [2.75, 3.05) is 5.32 Å². The molecule has 0 radical (unpaired) electrons. The summed E-state index contributed by atoms with van der Waals surface area (Å²) < 4.78 is 83.8. The van der Waals surface area contributed by atoms with Crippen molar-refractivity contribution in [3.63, 3.8) is 0 Å². The Morgan fingerprint density at radius 1 is 0.733 bits per heavy atom. The third-order valence-corrected chi connectivity index (χ3v) is 3.70. The monoisotopic (exact) mass is 429 g/mol. The van der Waals surface area contributed by atoms with E-state index in [-0.39, 0.29) is 29.2 Å². The van der Waals surface area contributed by atoms with E-state index in [1.54, 1.807) is 0 Å². The first-order valence-electron chi connectivity index (χ1n) is 8.36. The third-order valence-electron chi connectivity index (χ3n) is 3.70. The van der Waals surface area contributed by atoms with E-state index in [1.807, 2.05) is 0 Å². The van der Waals surface area contributed by atoms with E-state index in [2.05, 4.69) is 24.8 Å². The molecule has 0 spiro atoms. The van der Waals surface area contributed by atoms with E-state index >= 15 is 0 Å². The SMILES string of the molecule is FC(F)(F)Oc1ccccc1Cc1nccnc1Nc1ccccc1OC(F)(F)F. The van der Waals surface area contributed by atoms with Crippen LogP contribution in [-0.4, -0.2) is 22.7 Å². The third kappa shape index (κ3) is 6.00. The Hall–Kier alpha value is -3.50. The molecule has 0 saturated heterocycles. The largest absolute Gasteiger partial charge is 0.573 e. The van der Waals surface area contributed by atoms with Gasteiger partial charge in [-0.1, -0.05) is 30.3 Å². The Morgan fingerprint density at radius 3 is 2.00 bits per heavy atom. The summed E-state index contributed by atoms with van der Waals surface area (Å²) in [6.45, 7) is 0. The molecule has 5 nitrogen and oxygen atoms in total. The topological polar surface area (TPSA) is 56.3 Å². The lowest BCUT2D eigenvalue weighted by Gasteiger charge is -2.16. The molecule has 0 aliphatic heterocycles. The molecular weight excluding hydrogens is 416 g/mol. The van der Waals surface area contributed by atoms with Crippen LogP contribution < -0.4 is 14.8 Å². The number of ether oxygens (including phenoxy) is 2. The summed E-state index contributed by atoms with van der Waals surface area (Å²) in [6, 6.07) is 10.7. The summed E-state index contributed by atoms with van der Waals surface area (Å²) in [4.78, 5) is 8.13. The maximum atomic E-state index is 12.6. The van der Waals surface area contributed by atoms with Crippen LogP contribution in [0.4, 0.5) is 37.8 Å². The summed E-state index contributed by atoms with van der Waals surface area (Å²) in [5, 5.41) is 2.69. The minimum Gasteiger partial charge on any atom is -0.405 e. The summed E-state index contributed by atoms with van der Waals surface area (Å²) in [6.07, 6.45) is -7.31. The minimum atomic E-state index is -4.91. The Bertz CT molecular complexity index is 927. The lowest BCUT2D eigenvalue weighted by molar-refractivity contribution is -0.275. The highest BCUT2D eigenvalue weighted by atomic mass is 19.4. The summed E-state index contributed by atoms with van der Waals surface area (Å²) >= 11 is 0. The van der Waals surface area contributed by atoms with Crippen LogP contribution in [0.2, 0.25) is 0 Å². The molecule has 11 heteroatoms. The Labute approximate surface area is 166 Å². The highest BCUT2D eigenvalue weighted by Gasteiger charge is 2.33. The number of nitrogens with one attached hydrogen (secondary N) is 1. The molecule has 0 atom stereocenters. The smallest absolute Gasteiger partial charge is 0.405 e. The molecule has 1 heterocycles. The van der Waals surface area contributed by atoms with Crippen molar-refractivity contribution >= 4 is 11.5 Å². The van der Waals surface area contributed by atoms with Gasteiger partial charge >= 0.3 is 12.7 Å². The van der Waals surface area contributed by atoms with Gasteiger partial charge in [0.1, 0.15) is 5.75 Å². The van der Waals surface area contributed by atoms with Crippen LogP contribution in [0.15, 0.2) is 60.9 Å². The molecule has 1 N–H and O–H groups in total. The van der Waals surface area contributed by atoms with Crippen LogP contribution in [-0.2, 0) is 6.42 Å². The van der Waals surface area contributed by atoms with Crippen LogP contribution in [0.25, 0.3) is 0 Å². The first-order chi connectivity index (χ1) is 14.1. The van der Waals surface area contributed by atoms with Crippen LogP contribution in [0.3, 0.4) is 0 Å². The average molecular weight is 429 g/mol. The molecule has 0 saturated carbocycles. The highest BCUT2D eigenvalue weighted by Crippen LogP contribution is 2.33. The highest BCUT2D eigenvalue weighted by molar-refractivity contribution is 5.65.